The van der Waals surface area contributed by atoms with Crippen molar-refractivity contribution in [3.05, 3.63) is 47.9 Å². The summed E-state index contributed by atoms with van der Waals surface area (Å²) in [6, 6.07) is 8.32. The zero-order valence-electron chi connectivity index (χ0n) is 8.87. The van der Waals surface area contributed by atoms with Gasteiger partial charge >= 0.3 is 0 Å². The highest BCUT2D eigenvalue weighted by Crippen LogP contribution is 2.20. The van der Waals surface area contributed by atoms with E-state index in [0.717, 1.165) is 5.56 Å². The predicted molar refractivity (Wildman–Crippen MR) is 63.1 cm³/mol. The standard InChI is InChI=1S/C12H12FN3/c1-8-2-4-10(13)11(6-8)16-9-3-5-12(14)15-7-9/h2-7,16H,1H3,(H2,14,15). The molecule has 2 rings (SSSR count). The maximum absolute atomic E-state index is 13.4. The van der Waals surface area contributed by atoms with Gasteiger partial charge in [0.05, 0.1) is 17.6 Å². The molecular weight excluding hydrogens is 205 g/mol. The average Bonchev–Trinajstić information content (AvgIpc) is 2.27. The van der Waals surface area contributed by atoms with E-state index in [2.05, 4.69) is 10.3 Å². The van der Waals surface area contributed by atoms with Crippen molar-refractivity contribution in [1.82, 2.24) is 4.98 Å². The second kappa shape index (κ2) is 4.18. The molecule has 0 aliphatic heterocycles. The molecule has 3 nitrogen and oxygen atoms in total. The van der Waals surface area contributed by atoms with Gasteiger partial charge < -0.3 is 11.1 Å². The Morgan fingerprint density at radius 2 is 2.06 bits per heavy atom. The van der Waals surface area contributed by atoms with Crippen molar-refractivity contribution in [1.29, 1.82) is 0 Å². The highest BCUT2D eigenvalue weighted by Gasteiger charge is 2.02. The van der Waals surface area contributed by atoms with Crippen LogP contribution in [0.4, 0.5) is 21.6 Å². The molecule has 0 aliphatic rings. The first-order valence-electron chi connectivity index (χ1n) is 4.90. The van der Waals surface area contributed by atoms with Crippen molar-refractivity contribution in [2.75, 3.05) is 11.1 Å². The lowest BCUT2D eigenvalue weighted by Crippen LogP contribution is -1.96. The van der Waals surface area contributed by atoms with E-state index in [-0.39, 0.29) is 5.82 Å². The molecule has 4 heteroatoms. The molecule has 0 saturated carbocycles. The van der Waals surface area contributed by atoms with Crippen LogP contribution in [0.1, 0.15) is 5.56 Å². The summed E-state index contributed by atoms with van der Waals surface area (Å²) in [6.07, 6.45) is 1.57. The Hall–Kier alpha value is -2.10. The first-order chi connectivity index (χ1) is 7.65. The van der Waals surface area contributed by atoms with Crippen molar-refractivity contribution in [2.24, 2.45) is 0 Å². The normalized spacial score (nSPS) is 10.1. The highest BCUT2D eigenvalue weighted by atomic mass is 19.1. The summed E-state index contributed by atoms with van der Waals surface area (Å²) in [6.45, 7) is 1.91. The van der Waals surface area contributed by atoms with E-state index in [1.54, 1.807) is 30.5 Å². The number of aromatic nitrogens is 1. The van der Waals surface area contributed by atoms with Crippen LogP contribution in [0.2, 0.25) is 0 Å². The largest absolute Gasteiger partial charge is 0.384 e. The van der Waals surface area contributed by atoms with E-state index in [1.165, 1.54) is 6.07 Å². The molecule has 0 amide bonds. The number of hydrogen-bond acceptors (Lipinski definition) is 3. The van der Waals surface area contributed by atoms with Crippen LogP contribution < -0.4 is 11.1 Å². The Labute approximate surface area is 93.1 Å². The number of nitrogens with one attached hydrogen (secondary N) is 1. The second-order valence-corrected chi connectivity index (χ2v) is 3.58. The van der Waals surface area contributed by atoms with Crippen LogP contribution in [0.15, 0.2) is 36.5 Å². The van der Waals surface area contributed by atoms with Crippen LogP contribution in [0.25, 0.3) is 0 Å². The molecule has 0 spiro atoms. The number of nitrogens with two attached hydrogens (primary N) is 1. The highest BCUT2D eigenvalue weighted by molar-refractivity contribution is 5.60. The number of nitrogen functional groups attached to an aromatic ring is 1. The lowest BCUT2D eigenvalue weighted by atomic mass is 10.2. The van der Waals surface area contributed by atoms with Crippen molar-refractivity contribution in [2.45, 2.75) is 6.92 Å². The molecule has 2 aromatic rings. The van der Waals surface area contributed by atoms with Crippen LogP contribution in [-0.4, -0.2) is 4.98 Å². The summed E-state index contributed by atoms with van der Waals surface area (Å²) in [7, 11) is 0. The minimum atomic E-state index is -0.289. The fraction of sp³-hybridized carbons (Fsp3) is 0.0833. The Morgan fingerprint density at radius 3 is 2.75 bits per heavy atom. The molecular formula is C12H12FN3. The second-order valence-electron chi connectivity index (χ2n) is 3.58. The minimum absolute atomic E-state index is 0.289. The Morgan fingerprint density at radius 1 is 1.25 bits per heavy atom. The van der Waals surface area contributed by atoms with E-state index < -0.39 is 0 Å². The molecule has 0 atom stereocenters. The van der Waals surface area contributed by atoms with Gasteiger partial charge in [0, 0.05) is 0 Å². The van der Waals surface area contributed by atoms with Crippen molar-refractivity contribution in [3.8, 4) is 0 Å². The average molecular weight is 217 g/mol. The topological polar surface area (TPSA) is 50.9 Å². The van der Waals surface area contributed by atoms with Crippen molar-refractivity contribution in [3.63, 3.8) is 0 Å². The molecule has 0 unspecified atom stereocenters. The van der Waals surface area contributed by atoms with E-state index in [0.29, 0.717) is 17.2 Å². The molecule has 16 heavy (non-hydrogen) atoms. The zero-order valence-corrected chi connectivity index (χ0v) is 8.87. The fourth-order valence-corrected chi connectivity index (χ4v) is 1.37. The van der Waals surface area contributed by atoms with Gasteiger partial charge in [-0.25, -0.2) is 9.37 Å². The molecule has 0 aliphatic carbocycles. The molecule has 0 bridgehead atoms. The Balaban J connectivity index is 2.26. The van der Waals surface area contributed by atoms with Crippen LogP contribution in [0.5, 0.6) is 0 Å². The number of aryl methyl sites for hydroxylation is 1. The number of hydrogen-bond donors (Lipinski definition) is 2. The summed E-state index contributed by atoms with van der Waals surface area (Å²) < 4.78 is 13.4. The van der Waals surface area contributed by atoms with Gasteiger partial charge in [-0.2, -0.15) is 0 Å². The van der Waals surface area contributed by atoms with Crippen LogP contribution in [0.3, 0.4) is 0 Å². The zero-order chi connectivity index (χ0) is 11.5. The van der Waals surface area contributed by atoms with Gasteiger partial charge in [-0.3, -0.25) is 0 Å². The molecule has 3 N–H and O–H groups in total. The third-order valence-electron chi connectivity index (χ3n) is 2.19. The lowest BCUT2D eigenvalue weighted by molar-refractivity contribution is 0.631. The van der Waals surface area contributed by atoms with Gasteiger partial charge in [-0.15, -0.1) is 0 Å². The number of anilines is 3. The predicted octanol–water partition coefficient (Wildman–Crippen LogP) is 2.85. The molecule has 1 aromatic carbocycles. The van der Waals surface area contributed by atoms with Gasteiger partial charge in [0.25, 0.3) is 0 Å². The summed E-state index contributed by atoms with van der Waals surface area (Å²) in [4.78, 5) is 3.92. The van der Waals surface area contributed by atoms with E-state index >= 15 is 0 Å². The van der Waals surface area contributed by atoms with Gasteiger partial charge in [-0.1, -0.05) is 6.07 Å². The quantitative estimate of drug-likeness (QED) is 0.813. The monoisotopic (exact) mass is 217 g/mol. The van der Waals surface area contributed by atoms with Crippen molar-refractivity contribution >= 4 is 17.2 Å². The van der Waals surface area contributed by atoms with Gasteiger partial charge in [0.2, 0.25) is 0 Å². The van der Waals surface area contributed by atoms with Crippen molar-refractivity contribution < 1.29 is 4.39 Å². The number of benzene rings is 1. The Kier molecular flexibility index (Phi) is 2.72. The van der Waals surface area contributed by atoms with Gasteiger partial charge in [-0.05, 0) is 36.8 Å². The SMILES string of the molecule is Cc1ccc(F)c(Nc2ccc(N)nc2)c1. The molecule has 0 saturated heterocycles. The van der Waals surface area contributed by atoms with E-state index in [4.69, 9.17) is 5.73 Å². The summed E-state index contributed by atoms with van der Waals surface area (Å²) in [5.41, 5.74) is 7.60. The number of halogens is 1. The van der Waals surface area contributed by atoms with Gasteiger partial charge in [0.1, 0.15) is 11.6 Å². The van der Waals surface area contributed by atoms with Crippen LogP contribution in [-0.2, 0) is 0 Å². The van der Waals surface area contributed by atoms with E-state index in [9.17, 15) is 4.39 Å². The molecule has 1 aromatic heterocycles. The third kappa shape index (κ3) is 2.28. The summed E-state index contributed by atoms with van der Waals surface area (Å²) in [5, 5.41) is 2.95. The van der Waals surface area contributed by atoms with Crippen LogP contribution in [0, 0.1) is 12.7 Å². The number of nitrogens with zero attached hydrogens (tertiary/aromatic N) is 1. The summed E-state index contributed by atoms with van der Waals surface area (Å²) in [5.74, 6) is 0.151. The maximum Gasteiger partial charge on any atom is 0.146 e. The number of pyridine rings is 1. The molecule has 82 valence electrons. The molecule has 1 heterocycles. The molecule has 0 fully saturated rings. The number of rotatable bonds is 2. The smallest absolute Gasteiger partial charge is 0.146 e. The lowest BCUT2D eigenvalue weighted by Gasteiger charge is -2.08. The van der Waals surface area contributed by atoms with Gasteiger partial charge in [0.15, 0.2) is 0 Å². The first-order valence-corrected chi connectivity index (χ1v) is 4.90. The van der Waals surface area contributed by atoms with E-state index in [1.807, 2.05) is 6.92 Å². The van der Waals surface area contributed by atoms with Crippen LogP contribution >= 0.6 is 0 Å². The fourth-order valence-electron chi connectivity index (χ4n) is 1.37. The first kappa shape index (κ1) is 10.4. The minimum Gasteiger partial charge on any atom is -0.384 e. The molecule has 0 radical (unpaired) electrons. The Bertz CT molecular complexity index is 494. The summed E-state index contributed by atoms with van der Waals surface area (Å²) >= 11 is 0. The third-order valence-corrected chi connectivity index (χ3v) is 2.19. The maximum atomic E-state index is 13.4.